The quantitative estimate of drug-likeness (QED) is 0.481. The van der Waals surface area contributed by atoms with Crippen LogP contribution in [0.15, 0.2) is 54.6 Å². The maximum atomic E-state index is 13.2. The van der Waals surface area contributed by atoms with Crippen LogP contribution in [0, 0.1) is 11.8 Å². The normalized spacial score (nSPS) is 18.2. The smallest absolute Gasteiger partial charge is 0.307 e. The molecule has 1 amide bonds. The molecular formula is C27H31N3O3. The number of pyridine rings is 1. The Balaban J connectivity index is 1.55. The molecule has 6 nitrogen and oxygen atoms in total. The van der Waals surface area contributed by atoms with Gasteiger partial charge in [-0.05, 0) is 74.9 Å². The average Bonchev–Trinajstić information content (AvgIpc) is 2.82. The van der Waals surface area contributed by atoms with Crippen molar-refractivity contribution in [3.05, 3.63) is 65.7 Å². The molecule has 0 saturated heterocycles. The molecule has 3 aromatic rings. The number of aromatic nitrogens is 1. The minimum Gasteiger partial charge on any atom is -0.481 e. The summed E-state index contributed by atoms with van der Waals surface area (Å²) in [6.45, 7) is 1.75. The van der Waals surface area contributed by atoms with Crippen molar-refractivity contribution in [1.82, 2.24) is 15.6 Å². The van der Waals surface area contributed by atoms with E-state index in [9.17, 15) is 9.59 Å². The number of carboxylic acids is 1. The van der Waals surface area contributed by atoms with Crippen LogP contribution < -0.4 is 10.6 Å². The minimum absolute atomic E-state index is 0.0503. The Kier molecular flexibility index (Phi) is 7.35. The van der Waals surface area contributed by atoms with Crippen molar-refractivity contribution >= 4 is 22.8 Å². The lowest BCUT2D eigenvalue weighted by molar-refractivity contribution is -0.136. The molecule has 1 aliphatic carbocycles. The number of amides is 1. The van der Waals surface area contributed by atoms with Gasteiger partial charge in [0.2, 0.25) is 0 Å². The fourth-order valence-corrected chi connectivity index (χ4v) is 4.79. The number of hydrogen-bond acceptors (Lipinski definition) is 4. The summed E-state index contributed by atoms with van der Waals surface area (Å²) in [6.07, 6.45) is 4.65. The third-order valence-corrected chi connectivity index (χ3v) is 6.55. The Morgan fingerprint density at radius 3 is 2.42 bits per heavy atom. The number of benzene rings is 2. The van der Waals surface area contributed by atoms with Gasteiger partial charge >= 0.3 is 5.97 Å². The Morgan fingerprint density at radius 1 is 0.970 bits per heavy atom. The van der Waals surface area contributed by atoms with Crippen molar-refractivity contribution in [3.8, 4) is 11.3 Å². The summed E-state index contributed by atoms with van der Waals surface area (Å²) in [5.41, 5.74) is 3.52. The predicted octanol–water partition coefficient (Wildman–Crippen LogP) is 4.28. The third kappa shape index (κ3) is 5.76. The zero-order valence-electron chi connectivity index (χ0n) is 19.0. The highest BCUT2D eigenvalue weighted by Gasteiger charge is 2.22. The zero-order valence-corrected chi connectivity index (χ0v) is 19.0. The van der Waals surface area contributed by atoms with Crippen molar-refractivity contribution < 1.29 is 14.7 Å². The van der Waals surface area contributed by atoms with Crippen molar-refractivity contribution in [3.63, 3.8) is 0 Å². The average molecular weight is 446 g/mol. The summed E-state index contributed by atoms with van der Waals surface area (Å²) in [7, 11) is 2.00. The number of carbonyl (C=O) groups excluding carboxylic acids is 1. The molecule has 1 saturated carbocycles. The van der Waals surface area contributed by atoms with Crippen molar-refractivity contribution in [2.75, 3.05) is 20.1 Å². The van der Waals surface area contributed by atoms with Gasteiger partial charge in [0.15, 0.2) is 0 Å². The SMILES string of the molecule is CNCC1CCC(CNC(=O)c2cc(-c3cccc(CC(=O)O)c3)nc3ccccc23)CC1. The van der Waals surface area contributed by atoms with Crippen LogP contribution in [-0.2, 0) is 11.2 Å². The number of aliphatic carboxylic acids is 1. The molecule has 1 aromatic heterocycles. The van der Waals surface area contributed by atoms with Crippen molar-refractivity contribution in [2.24, 2.45) is 11.8 Å². The van der Waals surface area contributed by atoms with E-state index in [1.54, 1.807) is 6.07 Å². The monoisotopic (exact) mass is 445 g/mol. The van der Waals surface area contributed by atoms with Gasteiger partial charge in [-0.3, -0.25) is 9.59 Å². The Labute approximate surface area is 194 Å². The number of rotatable bonds is 8. The van der Waals surface area contributed by atoms with Crippen LogP contribution in [0.3, 0.4) is 0 Å². The number of fused-ring (bicyclic) bond motifs is 1. The third-order valence-electron chi connectivity index (χ3n) is 6.55. The molecule has 0 spiro atoms. The molecule has 1 fully saturated rings. The first-order chi connectivity index (χ1) is 16.0. The lowest BCUT2D eigenvalue weighted by Crippen LogP contribution is -2.32. The van der Waals surface area contributed by atoms with Crippen LogP contribution in [0.2, 0.25) is 0 Å². The Morgan fingerprint density at radius 2 is 1.70 bits per heavy atom. The van der Waals surface area contributed by atoms with Crippen LogP contribution in [0.4, 0.5) is 0 Å². The first kappa shape index (κ1) is 22.9. The molecule has 0 atom stereocenters. The summed E-state index contributed by atoms with van der Waals surface area (Å²) in [5.74, 6) is 0.292. The summed E-state index contributed by atoms with van der Waals surface area (Å²) in [4.78, 5) is 29.1. The molecule has 3 N–H and O–H groups in total. The van der Waals surface area contributed by atoms with E-state index in [-0.39, 0.29) is 12.3 Å². The van der Waals surface area contributed by atoms with Crippen LogP contribution >= 0.6 is 0 Å². The van der Waals surface area contributed by atoms with E-state index in [0.29, 0.717) is 29.3 Å². The van der Waals surface area contributed by atoms with Gasteiger partial charge in [-0.25, -0.2) is 4.98 Å². The molecule has 6 heteroatoms. The highest BCUT2D eigenvalue weighted by Crippen LogP contribution is 2.29. The first-order valence-corrected chi connectivity index (χ1v) is 11.7. The van der Waals surface area contributed by atoms with E-state index in [4.69, 9.17) is 10.1 Å². The van der Waals surface area contributed by atoms with E-state index < -0.39 is 5.97 Å². The minimum atomic E-state index is -0.876. The van der Waals surface area contributed by atoms with Crippen LogP contribution in [0.1, 0.15) is 41.6 Å². The maximum absolute atomic E-state index is 13.2. The number of hydrogen-bond donors (Lipinski definition) is 3. The molecule has 172 valence electrons. The zero-order chi connectivity index (χ0) is 23.2. The van der Waals surface area contributed by atoms with E-state index in [1.165, 1.54) is 12.8 Å². The van der Waals surface area contributed by atoms with E-state index in [1.807, 2.05) is 55.6 Å². The van der Waals surface area contributed by atoms with Gasteiger partial charge in [0.25, 0.3) is 5.91 Å². The molecule has 1 aliphatic rings. The van der Waals surface area contributed by atoms with Gasteiger partial charge in [-0.1, -0.05) is 36.4 Å². The van der Waals surface area contributed by atoms with E-state index in [2.05, 4.69) is 10.6 Å². The van der Waals surface area contributed by atoms with E-state index >= 15 is 0 Å². The molecule has 0 bridgehead atoms. The second-order valence-corrected chi connectivity index (χ2v) is 9.00. The van der Waals surface area contributed by atoms with Crippen molar-refractivity contribution in [2.45, 2.75) is 32.1 Å². The Hall–Kier alpha value is -3.25. The molecule has 2 aromatic carbocycles. The molecule has 0 aliphatic heterocycles. The molecular weight excluding hydrogens is 414 g/mol. The first-order valence-electron chi connectivity index (χ1n) is 11.7. The summed E-state index contributed by atoms with van der Waals surface area (Å²) in [5, 5.41) is 16.4. The summed E-state index contributed by atoms with van der Waals surface area (Å²) < 4.78 is 0. The molecule has 4 rings (SSSR count). The van der Waals surface area contributed by atoms with Crippen LogP contribution in [0.25, 0.3) is 22.2 Å². The highest BCUT2D eigenvalue weighted by atomic mass is 16.4. The summed E-state index contributed by atoms with van der Waals surface area (Å²) in [6, 6.07) is 16.8. The lowest BCUT2D eigenvalue weighted by Gasteiger charge is -2.28. The molecule has 0 radical (unpaired) electrons. The fraction of sp³-hybridized carbons (Fsp3) is 0.370. The van der Waals surface area contributed by atoms with Gasteiger partial charge in [0.1, 0.15) is 0 Å². The maximum Gasteiger partial charge on any atom is 0.307 e. The number of nitrogens with zero attached hydrogens (tertiary/aromatic N) is 1. The van der Waals surface area contributed by atoms with Gasteiger partial charge in [0.05, 0.1) is 23.2 Å². The topological polar surface area (TPSA) is 91.3 Å². The summed E-state index contributed by atoms with van der Waals surface area (Å²) >= 11 is 0. The van der Waals surface area contributed by atoms with Gasteiger partial charge in [0, 0.05) is 17.5 Å². The highest BCUT2D eigenvalue weighted by molar-refractivity contribution is 6.07. The van der Waals surface area contributed by atoms with E-state index in [0.717, 1.165) is 41.8 Å². The van der Waals surface area contributed by atoms with Gasteiger partial charge in [-0.2, -0.15) is 0 Å². The number of carboxylic acid groups (broad SMARTS) is 1. The van der Waals surface area contributed by atoms with Gasteiger partial charge < -0.3 is 15.7 Å². The fourth-order valence-electron chi connectivity index (χ4n) is 4.79. The molecule has 0 unspecified atom stereocenters. The molecule has 1 heterocycles. The second-order valence-electron chi connectivity index (χ2n) is 9.00. The Bertz CT molecular complexity index is 1140. The lowest BCUT2D eigenvalue weighted by atomic mass is 9.82. The predicted molar refractivity (Wildman–Crippen MR) is 130 cm³/mol. The second kappa shape index (κ2) is 10.6. The number of para-hydroxylation sites is 1. The van der Waals surface area contributed by atoms with Crippen LogP contribution in [0.5, 0.6) is 0 Å². The number of nitrogens with one attached hydrogen (secondary N) is 2. The molecule has 33 heavy (non-hydrogen) atoms. The largest absolute Gasteiger partial charge is 0.481 e. The van der Waals surface area contributed by atoms with Gasteiger partial charge in [-0.15, -0.1) is 0 Å². The number of carbonyl (C=O) groups is 2. The van der Waals surface area contributed by atoms with Crippen LogP contribution in [-0.4, -0.2) is 42.1 Å². The standard InChI is InChI=1S/C27H31N3O3/c1-28-16-18-9-11-19(12-10-18)17-29-27(33)23-15-25(30-24-8-3-2-7-22(23)24)21-6-4-5-20(13-21)14-26(31)32/h2-8,13,15,18-19,28H,9-12,14,16-17H2,1H3,(H,29,33)(H,31,32). The van der Waals surface area contributed by atoms with Crippen molar-refractivity contribution in [1.29, 1.82) is 0 Å².